The lowest BCUT2D eigenvalue weighted by Crippen LogP contribution is -2.39. The second kappa shape index (κ2) is 16.8. The normalized spacial score (nSPS) is 16.5. The molecule has 274 valence electrons. The monoisotopic (exact) mass is 739 g/mol. The molecular formula is C44H41N3O6S. The second-order valence-electron chi connectivity index (χ2n) is 13.3. The van der Waals surface area contributed by atoms with E-state index >= 15 is 0 Å². The fourth-order valence-electron chi connectivity index (χ4n) is 6.16. The van der Waals surface area contributed by atoms with Gasteiger partial charge in [-0.2, -0.15) is 0 Å². The summed E-state index contributed by atoms with van der Waals surface area (Å²) in [6.07, 6.45) is 11.8. The van der Waals surface area contributed by atoms with Crippen LogP contribution < -0.4 is 19.9 Å². The quantitative estimate of drug-likeness (QED) is 0.0572. The van der Waals surface area contributed by atoms with Gasteiger partial charge in [0.25, 0.3) is 17.7 Å². The first-order valence-electron chi connectivity index (χ1n) is 17.7. The Morgan fingerprint density at radius 1 is 0.796 bits per heavy atom. The van der Waals surface area contributed by atoms with E-state index in [9.17, 15) is 24.3 Å². The van der Waals surface area contributed by atoms with Gasteiger partial charge in [0.1, 0.15) is 17.3 Å². The molecule has 0 bridgehead atoms. The molecule has 4 aromatic carbocycles. The minimum absolute atomic E-state index is 0.0839. The number of anilines is 2. The van der Waals surface area contributed by atoms with Gasteiger partial charge in [0.2, 0.25) is 5.91 Å². The summed E-state index contributed by atoms with van der Waals surface area (Å²) >= 11 is 1.60. The highest BCUT2D eigenvalue weighted by Gasteiger charge is 2.39. The fraction of sp³-hybridized carbons (Fsp3) is 0.182. The molecule has 54 heavy (non-hydrogen) atoms. The van der Waals surface area contributed by atoms with Crippen molar-refractivity contribution in [1.29, 1.82) is 0 Å². The number of hydrogen-bond donors (Lipinski definition) is 2. The number of benzene rings is 4. The number of aliphatic hydroxyl groups is 1. The third-order valence-electron chi connectivity index (χ3n) is 9.22. The Balaban J connectivity index is 1.01. The lowest BCUT2D eigenvalue weighted by molar-refractivity contribution is -0.122. The van der Waals surface area contributed by atoms with E-state index in [1.807, 2.05) is 55.5 Å². The highest BCUT2D eigenvalue weighted by Crippen LogP contribution is 2.36. The highest BCUT2D eigenvalue weighted by atomic mass is 32.2. The van der Waals surface area contributed by atoms with E-state index in [1.54, 1.807) is 66.4 Å². The average Bonchev–Trinajstić information content (AvgIpc) is 3.66. The van der Waals surface area contributed by atoms with E-state index in [2.05, 4.69) is 43.4 Å². The molecule has 1 atom stereocenters. The fourth-order valence-corrected chi connectivity index (χ4v) is 6.97. The number of aliphatic hydroxyl groups excluding tert-OH is 1. The van der Waals surface area contributed by atoms with Crippen LogP contribution in [0.2, 0.25) is 0 Å². The van der Waals surface area contributed by atoms with Crippen LogP contribution in [0.25, 0.3) is 0 Å². The zero-order chi connectivity index (χ0) is 38.2. The molecule has 2 aliphatic rings. The summed E-state index contributed by atoms with van der Waals surface area (Å²) in [4.78, 5) is 54.2. The van der Waals surface area contributed by atoms with Crippen LogP contribution in [-0.4, -0.2) is 41.3 Å². The maximum atomic E-state index is 13.1. The van der Waals surface area contributed by atoms with Gasteiger partial charge < -0.3 is 15.2 Å². The Morgan fingerprint density at radius 3 is 1.91 bits per heavy atom. The zero-order valence-electron chi connectivity index (χ0n) is 30.3. The number of nitrogens with zero attached hydrogens (tertiary/aromatic N) is 2. The molecule has 0 spiro atoms. The molecule has 0 radical (unpaired) electrons. The van der Waals surface area contributed by atoms with Crippen molar-refractivity contribution in [3.8, 4) is 11.5 Å². The van der Waals surface area contributed by atoms with E-state index < -0.39 is 6.04 Å². The van der Waals surface area contributed by atoms with Crippen molar-refractivity contribution < 1.29 is 29.0 Å². The molecule has 1 saturated heterocycles. The van der Waals surface area contributed by atoms with Crippen molar-refractivity contribution in [2.24, 2.45) is 0 Å². The number of rotatable bonds is 14. The maximum Gasteiger partial charge on any atom is 0.258 e. The first kappa shape index (κ1) is 37.8. The van der Waals surface area contributed by atoms with Crippen LogP contribution >= 0.6 is 11.8 Å². The smallest absolute Gasteiger partial charge is 0.258 e. The van der Waals surface area contributed by atoms with Gasteiger partial charge in [-0.3, -0.25) is 19.2 Å². The van der Waals surface area contributed by atoms with E-state index in [1.165, 1.54) is 17.1 Å². The average molecular weight is 740 g/mol. The third-order valence-corrected chi connectivity index (χ3v) is 10.2. The van der Waals surface area contributed by atoms with Gasteiger partial charge >= 0.3 is 0 Å². The summed E-state index contributed by atoms with van der Waals surface area (Å²) in [5, 5.41) is 12.9. The third kappa shape index (κ3) is 8.79. The van der Waals surface area contributed by atoms with Gasteiger partial charge in [0, 0.05) is 27.4 Å². The molecule has 1 unspecified atom stereocenters. The standard InChI is InChI=1S/C44H41N3O6S/c1-4-5-8-34(48)9-6-7-28-45-39-29-42(51)47(43(39)52)33-14-20-36(21-15-33)53-35-18-10-30(11-19-35)44(2,3)31-12-22-37(23-13-31)54-38-24-16-32(17-25-38)46-40(49)26-27-41(46)50/h4-6,8-27,39,45,48H,7,28-29H2,1-3H3/b5-4-,9-6-,34-8+. The molecule has 4 aromatic rings. The van der Waals surface area contributed by atoms with Crippen molar-refractivity contribution in [1.82, 2.24) is 5.32 Å². The topological polar surface area (TPSA) is 116 Å². The number of amides is 4. The minimum Gasteiger partial charge on any atom is -0.508 e. The minimum atomic E-state index is -0.598. The van der Waals surface area contributed by atoms with Crippen LogP contribution in [0.5, 0.6) is 11.5 Å². The largest absolute Gasteiger partial charge is 0.508 e. The molecule has 6 rings (SSSR count). The summed E-state index contributed by atoms with van der Waals surface area (Å²) in [7, 11) is 0. The Labute approximate surface area is 319 Å². The van der Waals surface area contributed by atoms with E-state index in [0.29, 0.717) is 35.8 Å². The molecule has 0 saturated carbocycles. The molecule has 2 N–H and O–H groups in total. The Hall–Kier alpha value is -5.97. The molecule has 1 fully saturated rings. The molecule has 9 nitrogen and oxygen atoms in total. The van der Waals surface area contributed by atoms with Gasteiger partial charge in [0.05, 0.1) is 23.8 Å². The van der Waals surface area contributed by atoms with Crippen molar-refractivity contribution in [2.75, 3.05) is 16.3 Å². The highest BCUT2D eigenvalue weighted by molar-refractivity contribution is 7.99. The van der Waals surface area contributed by atoms with Gasteiger partial charge in [-0.25, -0.2) is 9.80 Å². The van der Waals surface area contributed by atoms with Crippen LogP contribution in [0.15, 0.2) is 155 Å². The summed E-state index contributed by atoms with van der Waals surface area (Å²) in [6, 6.07) is 30.1. The number of hydrogen-bond acceptors (Lipinski definition) is 8. The van der Waals surface area contributed by atoms with Crippen molar-refractivity contribution in [3.05, 3.63) is 156 Å². The molecule has 0 aromatic heterocycles. The predicted molar refractivity (Wildman–Crippen MR) is 212 cm³/mol. The first-order chi connectivity index (χ1) is 26.0. The van der Waals surface area contributed by atoms with Crippen LogP contribution in [0.1, 0.15) is 44.7 Å². The van der Waals surface area contributed by atoms with Crippen LogP contribution in [0, 0.1) is 0 Å². The van der Waals surface area contributed by atoms with Crippen molar-refractivity contribution in [2.45, 2.75) is 54.9 Å². The van der Waals surface area contributed by atoms with Gasteiger partial charge in [-0.1, -0.05) is 68.1 Å². The Kier molecular flexibility index (Phi) is 11.7. The van der Waals surface area contributed by atoms with E-state index in [-0.39, 0.29) is 41.2 Å². The number of ether oxygens (including phenoxy) is 1. The lowest BCUT2D eigenvalue weighted by atomic mass is 9.78. The van der Waals surface area contributed by atoms with Crippen LogP contribution in [0.3, 0.4) is 0 Å². The number of carbonyl (C=O) groups excluding carboxylic acids is 4. The molecule has 4 amide bonds. The van der Waals surface area contributed by atoms with Gasteiger partial charge in [0.15, 0.2) is 0 Å². The van der Waals surface area contributed by atoms with E-state index in [0.717, 1.165) is 25.8 Å². The van der Waals surface area contributed by atoms with Gasteiger partial charge in [-0.15, -0.1) is 0 Å². The predicted octanol–water partition coefficient (Wildman–Crippen LogP) is 8.57. The molecular weight excluding hydrogens is 699 g/mol. The Bertz CT molecular complexity index is 2120. The number of nitrogens with one attached hydrogen (secondary N) is 1. The molecule has 2 heterocycles. The lowest BCUT2D eigenvalue weighted by Gasteiger charge is -2.26. The summed E-state index contributed by atoms with van der Waals surface area (Å²) in [6.45, 7) is 6.70. The van der Waals surface area contributed by atoms with Crippen LogP contribution in [0.4, 0.5) is 11.4 Å². The number of allylic oxidation sites excluding steroid dienone is 4. The first-order valence-corrected chi connectivity index (χ1v) is 18.5. The van der Waals surface area contributed by atoms with Gasteiger partial charge in [-0.05, 0) is 116 Å². The number of carbonyl (C=O) groups is 4. The SMILES string of the molecule is C\C=C/C=C(O)\C=C/CCNC1CC(=O)N(c2ccc(Oc3ccc(C(C)(C)c4ccc(Sc5ccc(N6C(=O)C=CC6=O)cc5)cc4)cc3)cc2)C1=O. The summed E-state index contributed by atoms with van der Waals surface area (Å²) in [5.74, 6) is 0.163. The zero-order valence-corrected chi connectivity index (χ0v) is 31.1. The van der Waals surface area contributed by atoms with E-state index in [4.69, 9.17) is 4.74 Å². The molecule has 0 aliphatic carbocycles. The molecule has 2 aliphatic heterocycles. The maximum absolute atomic E-state index is 13.1. The number of imide groups is 2. The second-order valence-corrected chi connectivity index (χ2v) is 14.4. The summed E-state index contributed by atoms with van der Waals surface area (Å²) < 4.78 is 6.10. The molecule has 10 heteroatoms. The van der Waals surface area contributed by atoms with Crippen molar-refractivity contribution in [3.63, 3.8) is 0 Å². The van der Waals surface area contributed by atoms with Crippen LogP contribution in [-0.2, 0) is 24.6 Å². The summed E-state index contributed by atoms with van der Waals surface area (Å²) in [5.41, 5.74) is 3.03. The Morgan fingerprint density at radius 2 is 1.31 bits per heavy atom. The van der Waals surface area contributed by atoms with Crippen molar-refractivity contribution >= 4 is 46.8 Å².